The number of rotatable bonds is 2. The van der Waals surface area contributed by atoms with Gasteiger partial charge in [0.05, 0.1) is 29.9 Å². The van der Waals surface area contributed by atoms with E-state index < -0.39 is 16.6 Å². The second kappa shape index (κ2) is 5.96. The quantitative estimate of drug-likeness (QED) is 0.789. The van der Waals surface area contributed by atoms with Gasteiger partial charge in [-0.3, -0.25) is 0 Å². The van der Waals surface area contributed by atoms with E-state index in [0.29, 0.717) is 28.9 Å². The number of fused-ring (bicyclic) bond motifs is 3. The third-order valence-corrected chi connectivity index (χ3v) is 6.93. The molecule has 28 heavy (non-hydrogen) atoms. The fourth-order valence-electron chi connectivity index (χ4n) is 5.31. The minimum absolute atomic E-state index is 0.379. The predicted molar refractivity (Wildman–Crippen MR) is 107 cm³/mol. The Bertz CT molecular complexity index is 1010. The molecule has 0 amide bonds. The number of hydrogen-bond acceptors (Lipinski definition) is 4. The fraction of sp³-hybridized carbons (Fsp3) is 0.435. The van der Waals surface area contributed by atoms with Crippen LogP contribution in [0.5, 0.6) is 5.75 Å². The minimum Gasteiger partial charge on any atom is -0.496 e. The van der Waals surface area contributed by atoms with Gasteiger partial charge < -0.3 is 15.2 Å². The Morgan fingerprint density at radius 2 is 1.89 bits per heavy atom. The summed E-state index contributed by atoms with van der Waals surface area (Å²) in [6, 6.07) is 10.4. The highest BCUT2D eigenvalue weighted by Crippen LogP contribution is 2.59. The number of hydrogen-bond donors (Lipinski definition) is 2. The molecular weight excluding hydrogens is 355 g/mol. The Morgan fingerprint density at radius 1 is 1.14 bits per heavy atom. The van der Waals surface area contributed by atoms with E-state index in [1.165, 1.54) is 13.2 Å². The Hall–Kier alpha value is -2.58. The van der Waals surface area contributed by atoms with Crippen molar-refractivity contribution in [3.63, 3.8) is 0 Å². The molecule has 1 saturated carbocycles. The SMILES string of the molecule is COc1ccc(C#N)cc1-c1cc2c(cc1F)NC(C)(C)C1(O)CCCC21C. The van der Waals surface area contributed by atoms with Gasteiger partial charge in [-0.25, -0.2) is 4.39 Å². The molecule has 0 spiro atoms. The molecule has 4 rings (SSSR count). The number of nitrogens with one attached hydrogen (secondary N) is 1. The van der Waals surface area contributed by atoms with E-state index in [1.54, 1.807) is 18.2 Å². The number of benzene rings is 2. The second-order valence-electron chi connectivity index (χ2n) is 8.70. The van der Waals surface area contributed by atoms with Crippen molar-refractivity contribution in [2.45, 2.75) is 56.6 Å². The van der Waals surface area contributed by atoms with Gasteiger partial charge in [0, 0.05) is 22.2 Å². The van der Waals surface area contributed by atoms with E-state index in [4.69, 9.17) is 4.74 Å². The number of halogens is 1. The van der Waals surface area contributed by atoms with Gasteiger partial charge in [0.25, 0.3) is 0 Å². The maximum absolute atomic E-state index is 15.2. The Labute approximate surface area is 165 Å². The van der Waals surface area contributed by atoms with Gasteiger partial charge in [-0.1, -0.05) is 6.92 Å². The lowest BCUT2D eigenvalue weighted by molar-refractivity contribution is -0.0628. The molecule has 146 valence electrons. The van der Waals surface area contributed by atoms with Gasteiger partial charge in [0.15, 0.2) is 0 Å². The highest BCUT2D eigenvalue weighted by Gasteiger charge is 2.62. The van der Waals surface area contributed by atoms with Crippen LogP contribution in [0.15, 0.2) is 30.3 Å². The van der Waals surface area contributed by atoms with Crippen molar-refractivity contribution in [3.05, 3.63) is 47.3 Å². The lowest BCUT2D eigenvalue weighted by atomic mass is 9.60. The van der Waals surface area contributed by atoms with E-state index in [2.05, 4.69) is 18.3 Å². The summed E-state index contributed by atoms with van der Waals surface area (Å²) in [5, 5.41) is 24.3. The third kappa shape index (κ3) is 2.31. The molecule has 1 heterocycles. The number of anilines is 1. The lowest BCUT2D eigenvalue weighted by Crippen LogP contribution is -2.65. The molecule has 4 nitrogen and oxygen atoms in total. The summed E-state index contributed by atoms with van der Waals surface area (Å²) in [5.41, 5.74) is 0.999. The molecule has 0 radical (unpaired) electrons. The Kier molecular flexibility index (Phi) is 3.99. The van der Waals surface area contributed by atoms with Crippen LogP contribution in [-0.4, -0.2) is 23.4 Å². The molecule has 5 heteroatoms. The van der Waals surface area contributed by atoms with Crippen LogP contribution in [0.25, 0.3) is 11.1 Å². The van der Waals surface area contributed by atoms with Crippen LogP contribution >= 0.6 is 0 Å². The van der Waals surface area contributed by atoms with Crippen LogP contribution in [0.3, 0.4) is 0 Å². The molecule has 0 bridgehead atoms. The zero-order valence-corrected chi connectivity index (χ0v) is 16.7. The first-order valence-electron chi connectivity index (χ1n) is 9.60. The first-order chi connectivity index (χ1) is 13.2. The van der Waals surface area contributed by atoms with Gasteiger partial charge in [-0.05, 0) is 69.0 Å². The average Bonchev–Trinajstić information content (AvgIpc) is 2.98. The molecule has 2 aromatic rings. The molecule has 0 aromatic heterocycles. The highest BCUT2D eigenvalue weighted by molar-refractivity contribution is 5.77. The average molecular weight is 380 g/mol. The molecule has 2 unspecified atom stereocenters. The Morgan fingerprint density at radius 3 is 2.57 bits per heavy atom. The smallest absolute Gasteiger partial charge is 0.133 e. The maximum atomic E-state index is 15.2. The van der Waals surface area contributed by atoms with Crippen LogP contribution in [0, 0.1) is 17.1 Å². The number of ether oxygens (including phenoxy) is 1. The predicted octanol–water partition coefficient (Wildman–Crippen LogP) is 4.75. The monoisotopic (exact) mass is 380 g/mol. The molecule has 2 aliphatic rings. The molecule has 2 N–H and O–H groups in total. The summed E-state index contributed by atoms with van der Waals surface area (Å²) in [6.45, 7) is 6.03. The van der Waals surface area contributed by atoms with Crippen molar-refractivity contribution < 1.29 is 14.2 Å². The fourth-order valence-corrected chi connectivity index (χ4v) is 5.31. The minimum atomic E-state index is -0.930. The summed E-state index contributed by atoms with van der Waals surface area (Å²) < 4.78 is 20.6. The molecular formula is C23H25FN2O2. The van der Waals surface area contributed by atoms with Crippen LogP contribution in [0.4, 0.5) is 10.1 Å². The summed E-state index contributed by atoms with van der Waals surface area (Å²) in [4.78, 5) is 0. The summed E-state index contributed by atoms with van der Waals surface area (Å²) in [5.74, 6) is 0.122. The van der Waals surface area contributed by atoms with Crippen molar-refractivity contribution >= 4 is 5.69 Å². The maximum Gasteiger partial charge on any atom is 0.133 e. The summed E-state index contributed by atoms with van der Waals surface area (Å²) in [7, 11) is 1.53. The first-order valence-corrected chi connectivity index (χ1v) is 9.60. The highest BCUT2D eigenvalue weighted by atomic mass is 19.1. The van der Waals surface area contributed by atoms with Crippen molar-refractivity contribution in [3.8, 4) is 22.9 Å². The Balaban J connectivity index is 1.97. The van der Waals surface area contributed by atoms with Crippen LogP contribution < -0.4 is 10.1 Å². The number of aliphatic hydroxyl groups is 1. The van der Waals surface area contributed by atoms with Gasteiger partial charge in [-0.2, -0.15) is 5.26 Å². The van der Waals surface area contributed by atoms with E-state index in [1.807, 2.05) is 19.9 Å². The van der Waals surface area contributed by atoms with Gasteiger partial charge in [0.2, 0.25) is 0 Å². The van der Waals surface area contributed by atoms with Crippen molar-refractivity contribution in [2.75, 3.05) is 12.4 Å². The summed E-state index contributed by atoms with van der Waals surface area (Å²) >= 11 is 0. The van der Waals surface area contributed by atoms with E-state index in [0.717, 1.165) is 24.1 Å². The van der Waals surface area contributed by atoms with Crippen molar-refractivity contribution in [1.29, 1.82) is 5.26 Å². The molecule has 1 aliphatic heterocycles. The molecule has 2 aromatic carbocycles. The molecule has 1 fully saturated rings. The normalized spacial score (nSPS) is 27.3. The van der Waals surface area contributed by atoms with Crippen LogP contribution in [-0.2, 0) is 5.41 Å². The number of nitriles is 1. The summed E-state index contributed by atoms with van der Waals surface area (Å²) in [6.07, 6.45) is 2.45. The zero-order chi connectivity index (χ0) is 20.3. The van der Waals surface area contributed by atoms with Gasteiger partial charge >= 0.3 is 0 Å². The van der Waals surface area contributed by atoms with Crippen LogP contribution in [0.1, 0.15) is 51.2 Å². The zero-order valence-electron chi connectivity index (χ0n) is 16.7. The number of methoxy groups -OCH3 is 1. The van der Waals surface area contributed by atoms with Gasteiger partial charge in [-0.15, -0.1) is 0 Å². The van der Waals surface area contributed by atoms with Crippen molar-refractivity contribution in [1.82, 2.24) is 0 Å². The first kappa shape index (κ1) is 18.8. The van der Waals surface area contributed by atoms with Gasteiger partial charge in [0.1, 0.15) is 11.6 Å². The standard InChI is InChI=1S/C23H25FN2O2/c1-21(2)23(27)9-5-8-22(23,3)17-11-15(18(24)12-19(17)26-21)16-10-14(13-25)6-7-20(16)28-4/h6-7,10-12,26-27H,5,8-9H2,1-4H3. The molecule has 2 atom stereocenters. The largest absolute Gasteiger partial charge is 0.496 e. The van der Waals surface area contributed by atoms with E-state index >= 15 is 4.39 Å². The lowest BCUT2D eigenvalue weighted by Gasteiger charge is -2.55. The van der Waals surface area contributed by atoms with Crippen molar-refractivity contribution in [2.24, 2.45) is 0 Å². The number of nitrogens with zero attached hydrogens (tertiary/aromatic N) is 1. The van der Waals surface area contributed by atoms with E-state index in [9.17, 15) is 10.4 Å². The molecule has 0 saturated heterocycles. The topological polar surface area (TPSA) is 65.3 Å². The van der Waals surface area contributed by atoms with E-state index in [-0.39, 0.29) is 5.82 Å². The van der Waals surface area contributed by atoms with Crippen LogP contribution in [0.2, 0.25) is 0 Å². The molecule has 1 aliphatic carbocycles. The second-order valence-corrected chi connectivity index (χ2v) is 8.70. The third-order valence-electron chi connectivity index (χ3n) is 6.93.